The van der Waals surface area contributed by atoms with Gasteiger partial charge in [0.15, 0.2) is 0 Å². The van der Waals surface area contributed by atoms with Crippen LogP contribution >= 0.6 is 82.2 Å². The average Bonchev–Trinajstić information content (AvgIpc) is 0.844. The van der Waals surface area contributed by atoms with Gasteiger partial charge in [0.25, 0.3) is 35.4 Å². The van der Waals surface area contributed by atoms with Crippen molar-refractivity contribution in [3.05, 3.63) is 355 Å². The fraction of sp³-hybridized carbons (Fsp3) is 0.392. The van der Waals surface area contributed by atoms with Gasteiger partial charge in [-0.2, -0.15) is 4.74 Å². The van der Waals surface area contributed by atoms with Crippen LogP contribution in [0.25, 0.3) is 0 Å². The van der Waals surface area contributed by atoms with Crippen LogP contribution in [0.15, 0.2) is 280 Å². The van der Waals surface area contributed by atoms with Crippen molar-refractivity contribution < 1.29 is 33.5 Å². The van der Waals surface area contributed by atoms with Crippen molar-refractivity contribution in [1.82, 2.24) is 59.3 Å². The second kappa shape index (κ2) is 58.2. The van der Waals surface area contributed by atoms with Crippen LogP contribution in [0.1, 0.15) is 242 Å². The second-order valence-corrected chi connectivity index (χ2v) is 46.8. The van der Waals surface area contributed by atoms with E-state index in [4.69, 9.17) is 11.6 Å². The van der Waals surface area contributed by atoms with Crippen LogP contribution in [0, 0.1) is 75.3 Å². The number of carbonyl (C=O) groups is 6. The van der Waals surface area contributed by atoms with Gasteiger partial charge in [-0.05, 0) is 295 Å². The van der Waals surface area contributed by atoms with Gasteiger partial charge in [0.1, 0.15) is 6.72 Å². The van der Waals surface area contributed by atoms with Gasteiger partial charge in [0, 0.05) is 234 Å². The van der Waals surface area contributed by atoms with E-state index in [9.17, 15) is 34.0 Å². The Hall–Kier alpha value is -11.1. The van der Waals surface area contributed by atoms with Crippen molar-refractivity contribution in [2.24, 2.45) is 35.5 Å². The Bertz CT molecular complexity index is 5990. The molecule has 6 fully saturated rings. The lowest BCUT2D eigenvalue weighted by Crippen LogP contribution is -2.37. The van der Waals surface area contributed by atoms with Gasteiger partial charge in [0.05, 0.1) is 33.4 Å². The summed E-state index contributed by atoms with van der Waals surface area (Å²) >= 11 is 16.6. The predicted molar refractivity (Wildman–Crippen MR) is 606 cm³/mol. The summed E-state index contributed by atoms with van der Waals surface area (Å²) < 4.78 is 0.592. The molecule has 12 aromatic rings. The van der Waals surface area contributed by atoms with E-state index in [1.807, 2.05) is 128 Å². The Morgan fingerprint density at radius 1 is 0.279 bits per heavy atom. The van der Waals surface area contributed by atoms with Crippen LogP contribution < -0.4 is 0 Å². The van der Waals surface area contributed by atoms with E-state index < -0.39 is 0 Å². The van der Waals surface area contributed by atoms with E-state index >= 15 is 0 Å². The van der Waals surface area contributed by atoms with Crippen molar-refractivity contribution in [3.8, 4) is 0 Å². The molecule has 6 aliphatic rings. The Kier molecular flexibility index (Phi) is 44.7. The largest absolute Gasteiger partial charge is 0.619 e. The number of benzene rings is 6. The minimum atomic E-state index is 0.0755. The number of carbonyl (C=O) groups excluding carboxylic acids is 6. The number of hydrogen-bond acceptors (Lipinski definition) is 19. The average molecular weight is 2110 g/mol. The molecule has 0 radical (unpaired) electrons. The molecule has 6 aromatic carbocycles. The summed E-state index contributed by atoms with van der Waals surface area (Å²) in [6.45, 7) is 37.5. The molecule has 0 atom stereocenters. The number of aryl methyl sites for hydroxylation is 5. The molecule has 0 spiro atoms. The number of amides is 6. The van der Waals surface area contributed by atoms with Crippen LogP contribution in [0.3, 0.4) is 0 Å². The van der Waals surface area contributed by atoms with Gasteiger partial charge < -0.3 is 34.6 Å². The number of halogens is 1. The van der Waals surface area contributed by atoms with Crippen LogP contribution in [0.2, 0.25) is 5.02 Å². The minimum absolute atomic E-state index is 0.0755. The maximum absolute atomic E-state index is 12.7. The molecule has 772 valence electrons. The third-order valence-electron chi connectivity index (χ3n) is 27.4. The Labute approximate surface area is 902 Å². The Balaban J connectivity index is 0.000000147. The van der Waals surface area contributed by atoms with Gasteiger partial charge >= 0.3 is 0 Å². The highest BCUT2D eigenvalue weighted by atomic mass is 35.5. The first kappa shape index (κ1) is 113. The fourth-order valence-electron chi connectivity index (χ4n) is 17.4. The molecule has 6 saturated heterocycles. The van der Waals surface area contributed by atoms with Crippen molar-refractivity contribution in [3.63, 3.8) is 0 Å². The highest BCUT2D eigenvalue weighted by Crippen LogP contribution is 2.35. The van der Waals surface area contributed by atoms with E-state index in [0.29, 0.717) is 55.6 Å². The number of rotatable bonds is 25. The molecular weight excluding hydrogens is 1960 g/mol. The quantitative estimate of drug-likeness (QED) is 0.0170. The monoisotopic (exact) mass is 2100 g/mol. The molecule has 18 rings (SSSR count). The molecule has 20 nitrogen and oxygen atoms in total. The summed E-state index contributed by atoms with van der Waals surface area (Å²) in [5.41, 5.74) is 17.3. The van der Waals surface area contributed by atoms with Crippen LogP contribution in [-0.4, -0.2) is 185 Å². The number of likely N-dealkylation sites (tertiary alicyclic amines) is 6. The zero-order valence-corrected chi connectivity index (χ0v) is 92.7. The molecule has 6 amide bonds. The first-order valence-corrected chi connectivity index (χ1v) is 57.9. The summed E-state index contributed by atoms with van der Waals surface area (Å²) in [4.78, 5) is 120. The molecule has 12 heterocycles. The standard InChI is InChI=1S/C20H23ClN2OS.C20H23N3O2S.4C20H24N2OS/c1-14-5-7-23(8-6-14)20(24)17-9-16(11-22-12-17)13-25-18-4-3-15(2)19(21)10-18;1-15-7-9-23(10-8-15)20(24)17-11-16(12-21-13-17)14-26-19-5-3-18(4-6-19)22(2)25;3*1-15-3-5-19(6-4-15)24-14-17-11-18(13-21-12-17)20(23)22-9-7-16(2)8-10-22;1-15-6-8-22(9-7-15)20(23)18-11-17(12-21-13-18)14-24-19-5-3-4-16(2)10-19/h3-4,9-12,14H,5-8,13H2,1-2H3;3-6,11-13,15H,2,7-10,14H2,1H3;3*3-6,11-13,16H,7-10,14H2,1-2H3;3-5,10-13,15H,6-9,14H2,1-2H3. The van der Waals surface area contributed by atoms with Crippen LogP contribution in [-0.2, 0) is 34.5 Å². The zero-order valence-electron chi connectivity index (χ0n) is 87.1. The van der Waals surface area contributed by atoms with Crippen molar-refractivity contribution >= 4 is 130 Å². The van der Waals surface area contributed by atoms with Crippen LogP contribution in [0.5, 0.6) is 0 Å². The summed E-state index contributed by atoms with van der Waals surface area (Å²) in [6.07, 6.45) is 34.3. The van der Waals surface area contributed by atoms with E-state index in [1.165, 1.54) is 41.8 Å². The minimum Gasteiger partial charge on any atom is -0.619 e. The third kappa shape index (κ3) is 37.0. The number of thioether (sulfide) groups is 6. The summed E-state index contributed by atoms with van der Waals surface area (Å²) in [6, 6.07) is 59.3. The molecule has 27 heteroatoms. The number of piperidine rings is 6. The van der Waals surface area contributed by atoms with Gasteiger partial charge in [-0.25, -0.2) is 0 Å². The number of aromatic nitrogens is 6. The molecule has 0 saturated carbocycles. The first-order valence-electron chi connectivity index (χ1n) is 51.6. The number of pyridine rings is 6. The van der Waals surface area contributed by atoms with E-state index in [2.05, 4.69) is 209 Å². The van der Waals surface area contributed by atoms with E-state index in [1.54, 1.807) is 126 Å². The lowest BCUT2D eigenvalue weighted by Gasteiger charge is -2.30. The molecule has 0 bridgehead atoms. The molecule has 0 N–H and O–H groups in total. The van der Waals surface area contributed by atoms with Crippen LogP contribution in [0.4, 0.5) is 5.69 Å². The Morgan fingerprint density at radius 3 is 0.694 bits per heavy atom. The molecule has 6 aliphatic heterocycles. The summed E-state index contributed by atoms with van der Waals surface area (Å²) in [5, 5.41) is 11.9. The zero-order chi connectivity index (χ0) is 104. The number of hydrogen-bond donors (Lipinski definition) is 0. The van der Waals surface area contributed by atoms with E-state index in [-0.39, 0.29) is 35.4 Å². The molecule has 0 unspecified atom stereocenters. The van der Waals surface area contributed by atoms with Gasteiger partial charge in [-0.3, -0.25) is 58.7 Å². The number of nitrogens with zero attached hydrogens (tertiary/aromatic N) is 13. The summed E-state index contributed by atoms with van der Waals surface area (Å²) in [5.74, 6) is 9.78. The normalized spacial score (nSPS) is 15.4. The lowest BCUT2D eigenvalue weighted by atomic mass is 9.99. The van der Waals surface area contributed by atoms with Crippen molar-refractivity contribution in [2.45, 2.75) is 217 Å². The predicted octanol–water partition coefficient (Wildman–Crippen LogP) is 27.5. The SMILES string of the molecule is C=[N+]([O-])c1ccc(SCc2cncc(C(=O)N3CCC(C)CC3)c2)cc1.Cc1ccc(SCc2cncc(C(=O)N3CCC(C)CC3)c2)cc1.Cc1ccc(SCc2cncc(C(=O)N3CCC(C)CC3)c2)cc1.Cc1ccc(SCc2cncc(C(=O)N3CCC(C)CC3)c2)cc1.Cc1ccc(SCc2cncc(C(=O)N3CCC(C)CC3)c2)cc1Cl.Cc1cccc(SCc2cncc(C(=O)N3CCC(C)CC3)c2)c1. The van der Waals surface area contributed by atoms with Gasteiger partial charge in [0.2, 0.25) is 5.69 Å². The van der Waals surface area contributed by atoms with Gasteiger partial charge in [-0.1, -0.05) is 130 Å². The first-order chi connectivity index (χ1) is 71.0. The molecule has 147 heavy (non-hydrogen) atoms. The third-order valence-corrected chi connectivity index (χ3v) is 34.3. The topological polar surface area (TPSA) is 225 Å². The van der Waals surface area contributed by atoms with Crippen molar-refractivity contribution in [2.75, 3.05) is 78.5 Å². The fourth-order valence-corrected chi connectivity index (χ4v) is 22.8. The Morgan fingerprint density at radius 2 is 0.483 bits per heavy atom. The maximum atomic E-state index is 12.7. The van der Waals surface area contributed by atoms with Gasteiger partial charge in [-0.15, -0.1) is 70.6 Å². The van der Waals surface area contributed by atoms with Crippen molar-refractivity contribution in [1.29, 1.82) is 0 Å². The smallest absolute Gasteiger partial charge is 0.255 e. The highest BCUT2D eigenvalue weighted by Gasteiger charge is 2.29. The summed E-state index contributed by atoms with van der Waals surface area (Å²) in [7, 11) is 0. The molecular formula is C120H142ClN13O7S6. The van der Waals surface area contributed by atoms with E-state index in [0.717, 1.165) is 268 Å². The second-order valence-electron chi connectivity index (χ2n) is 40.1. The maximum Gasteiger partial charge on any atom is 0.255 e. The molecule has 0 aliphatic carbocycles. The molecule has 6 aromatic heterocycles. The lowest BCUT2D eigenvalue weighted by molar-refractivity contribution is -0.349. The highest BCUT2D eigenvalue weighted by molar-refractivity contribution is 7.99.